The largest absolute Gasteiger partial charge is 1.00 e. The van der Waals surface area contributed by atoms with Crippen molar-refractivity contribution in [2.24, 2.45) is 23.7 Å². The van der Waals surface area contributed by atoms with E-state index in [1.165, 1.54) is 120 Å². The lowest BCUT2D eigenvalue weighted by atomic mass is 9.85. The van der Waals surface area contributed by atoms with Crippen LogP contribution in [0.15, 0.2) is 0 Å². The quantitative estimate of drug-likeness (QED) is 0.0652. The molecule has 4 rings (SSSR count). The highest BCUT2D eigenvalue weighted by molar-refractivity contribution is 5.81. The molecule has 4 N–H and O–H groups in total. The lowest BCUT2D eigenvalue weighted by molar-refractivity contribution is -0.929. The summed E-state index contributed by atoms with van der Waals surface area (Å²) in [6.45, 7) is 17.7. The maximum atomic E-state index is 12.8. The Kier molecular flexibility index (Phi) is 18.4. The molecule has 0 aromatic rings. The predicted molar refractivity (Wildman–Crippen MR) is 189 cm³/mol. The second-order valence-electron chi connectivity index (χ2n) is 17.3. The van der Waals surface area contributed by atoms with E-state index in [2.05, 4.69) is 0 Å². The van der Waals surface area contributed by atoms with Crippen LogP contribution in [0.5, 0.6) is 0 Å². The SMILES string of the molecule is CC(C)C(O)(C(=O)OCC1CC[N+]2(CCCCCCCCC[N+]34CCCC3C(COC(=O)C(O)(C(C)C)C(C)O)CC4)CCCC12)C(C)O.[Br-].[Br-]. The second kappa shape index (κ2) is 20.0. The van der Waals surface area contributed by atoms with Crippen molar-refractivity contribution in [3.63, 3.8) is 0 Å². The number of fused-ring (bicyclic) bond motifs is 2. The number of ether oxygens (including phenoxy) is 2. The molecule has 0 saturated carbocycles. The van der Waals surface area contributed by atoms with Gasteiger partial charge in [-0.1, -0.05) is 47.0 Å². The number of aliphatic hydroxyl groups is 4. The Morgan fingerprint density at radius 2 is 0.922 bits per heavy atom. The van der Waals surface area contributed by atoms with Crippen molar-refractivity contribution in [1.82, 2.24) is 0 Å². The second-order valence-corrected chi connectivity index (χ2v) is 17.3. The molecule has 12 heteroatoms. The van der Waals surface area contributed by atoms with Gasteiger partial charge in [-0.25, -0.2) is 9.59 Å². The summed E-state index contributed by atoms with van der Waals surface area (Å²) in [5, 5.41) is 41.8. The molecule has 4 fully saturated rings. The van der Waals surface area contributed by atoms with E-state index in [1.54, 1.807) is 27.7 Å². The van der Waals surface area contributed by atoms with Gasteiger partial charge in [0.25, 0.3) is 0 Å². The van der Waals surface area contributed by atoms with E-state index in [9.17, 15) is 30.0 Å². The zero-order valence-corrected chi connectivity index (χ0v) is 35.7. The molecule has 0 aromatic carbocycles. The number of rotatable bonds is 20. The van der Waals surface area contributed by atoms with Gasteiger partial charge < -0.3 is 72.8 Å². The van der Waals surface area contributed by atoms with Crippen LogP contribution in [0.3, 0.4) is 0 Å². The molecule has 4 aliphatic rings. The fourth-order valence-corrected chi connectivity index (χ4v) is 10.5. The minimum absolute atomic E-state index is 0. The molecule has 4 aliphatic heterocycles. The fourth-order valence-electron chi connectivity index (χ4n) is 10.5. The summed E-state index contributed by atoms with van der Waals surface area (Å²) in [5.74, 6) is -1.57. The van der Waals surface area contributed by atoms with Crippen LogP contribution >= 0.6 is 0 Å². The Hall–Kier alpha value is -0.340. The van der Waals surface area contributed by atoms with Gasteiger partial charge in [-0.05, 0) is 51.4 Å². The van der Waals surface area contributed by atoms with Gasteiger partial charge in [0.05, 0.1) is 75.4 Å². The van der Waals surface area contributed by atoms with Gasteiger partial charge in [-0.2, -0.15) is 0 Å². The van der Waals surface area contributed by atoms with E-state index in [-0.39, 0.29) is 34.0 Å². The molecule has 0 aliphatic carbocycles. The molecule has 10 atom stereocenters. The van der Waals surface area contributed by atoms with E-state index in [0.717, 1.165) is 25.9 Å². The zero-order chi connectivity index (χ0) is 36.0. The van der Waals surface area contributed by atoms with Gasteiger partial charge in [0.15, 0.2) is 11.2 Å². The first-order valence-electron chi connectivity index (χ1n) is 20.0. The summed E-state index contributed by atoms with van der Waals surface area (Å²) >= 11 is 0. The third kappa shape index (κ3) is 10.1. The maximum absolute atomic E-state index is 12.8. The number of unbranched alkanes of at least 4 members (excludes halogenated alkanes) is 6. The van der Waals surface area contributed by atoms with Gasteiger partial charge in [0.2, 0.25) is 0 Å². The third-order valence-corrected chi connectivity index (χ3v) is 13.8. The van der Waals surface area contributed by atoms with Crippen LogP contribution in [0, 0.1) is 23.7 Å². The molecule has 0 amide bonds. The number of hydrogen-bond donors (Lipinski definition) is 4. The van der Waals surface area contributed by atoms with Crippen LogP contribution in [0.2, 0.25) is 0 Å². The summed E-state index contributed by atoms with van der Waals surface area (Å²) in [4.78, 5) is 25.6. The van der Waals surface area contributed by atoms with Crippen molar-refractivity contribution in [3.8, 4) is 0 Å². The molecule has 0 bridgehead atoms. The zero-order valence-electron chi connectivity index (χ0n) is 32.5. The van der Waals surface area contributed by atoms with Crippen molar-refractivity contribution in [2.45, 2.75) is 161 Å². The number of halogens is 2. The Morgan fingerprint density at radius 1 is 0.588 bits per heavy atom. The standard InChI is InChI=1S/C39H72N2O8.2BrH/c1-28(2)38(46,30(5)42)36(44)48-26-32-18-24-40(22-14-16-34(32)40)20-12-10-8-7-9-11-13-21-41-23-15-17-35(41)33(19-25-41)27-49-37(45)39(47,29(3)4)31(6)43;;/h28-35,42-43,46-47H,7-27H2,1-6H3;2*1H/q+2;;/p-2. The van der Waals surface area contributed by atoms with E-state index < -0.39 is 47.2 Å². The van der Waals surface area contributed by atoms with Crippen LogP contribution in [-0.4, -0.2) is 129 Å². The van der Waals surface area contributed by atoms with Crippen LogP contribution in [0.1, 0.15) is 125 Å². The predicted octanol–water partition coefficient (Wildman–Crippen LogP) is -1.65. The first kappa shape index (κ1) is 46.8. The van der Waals surface area contributed by atoms with Gasteiger partial charge in [-0.3, -0.25) is 0 Å². The summed E-state index contributed by atoms with van der Waals surface area (Å²) in [5.41, 5.74) is -3.72. The number of aliphatic hydroxyl groups excluding tert-OH is 2. The molecule has 51 heavy (non-hydrogen) atoms. The number of hydrogen-bond acceptors (Lipinski definition) is 8. The van der Waals surface area contributed by atoms with Gasteiger partial charge >= 0.3 is 11.9 Å². The van der Waals surface area contributed by atoms with Gasteiger partial charge in [0.1, 0.15) is 13.2 Å². The molecule has 4 heterocycles. The third-order valence-electron chi connectivity index (χ3n) is 13.8. The number of carbonyl (C=O) groups excluding carboxylic acids is 2. The topological polar surface area (TPSA) is 134 Å². The van der Waals surface area contributed by atoms with E-state index >= 15 is 0 Å². The highest BCUT2D eigenvalue weighted by atomic mass is 79.9. The molecular formula is C39H72Br2N2O8. The lowest BCUT2D eigenvalue weighted by Crippen LogP contribution is -3.00. The lowest BCUT2D eigenvalue weighted by Gasteiger charge is -2.37. The fraction of sp³-hybridized carbons (Fsp3) is 0.949. The van der Waals surface area contributed by atoms with E-state index in [4.69, 9.17) is 9.47 Å². The summed E-state index contributed by atoms with van der Waals surface area (Å²) in [6.07, 6.45) is 13.5. The number of carbonyl (C=O) groups is 2. The van der Waals surface area contributed by atoms with Crippen molar-refractivity contribution in [1.29, 1.82) is 0 Å². The highest BCUT2D eigenvalue weighted by Gasteiger charge is 2.54. The molecule has 10 unspecified atom stereocenters. The van der Waals surface area contributed by atoms with E-state index in [0.29, 0.717) is 37.1 Å². The van der Waals surface area contributed by atoms with Gasteiger partial charge in [0, 0.05) is 38.5 Å². The van der Waals surface area contributed by atoms with Crippen molar-refractivity contribution in [2.75, 3.05) is 52.5 Å². The Morgan fingerprint density at radius 3 is 1.24 bits per heavy atom. The first-order chi connectivity index (χ1) is 23.1. The molecule has 0 aromatic heterocycles. The first-order valence-corrected chi connectivity index (χ1v) is 20.0. The summed E-state index contributed by atoms with van der Waals surface area (Å²) in [6, 6.07) is 1.08. The Bertz CT molecular complexity index is 995. The van der Waals surface area contributed by atoms with Crippen molar-refractivity contribution >= 4 is 11.9 Å². The van der Waals surface area contributed by atoms with Crippen LogP contribution in [0.25, 0.3) is 0 Å². The van der Waals surface area contributed by atoms with Crippen molar-refractivity contribution < 1.29 is 82.4 Å². The van der Waals surface area contributed by atoms with Gasteiger partial charge in [-0.15, -0.1) is 0 Å². The monoisotopic (exact) mass is 854 g/mol. The smallest absolute Gasteiger partial charge is 0.341 e. The number of nitrogens with zero attached hydrogens (tertiary/aromatic N) is 2. The highest BCUT2D eigenvalue weighted by Crippen LogP contribution is 2.42. The average molecular weight is 857 g/mol. The molecule has 0 radical (unpaired) electrons. The number of esters is 2. The minimum atomic E-state index is -1.86. The van der Waals surface area contributed by atoms with Crippen LogP contribution in [0.4, 0.5) is 0 Å². The van der Waals surface area contributed by atoms with Crippen LogP contribution < -0.4 is 34.0 Å². The van der Waals surface area contributed by atoms with E-state index in [1.807, 2.05) is 0 Å². The molecule has 0 spiro atoms. The normalized spacial score (nSPS) is 31.9. The Labute approximate surface area is 329 Å². The van der Waals surface area contributed by atoms with Crippen LogP contribution in [-0.2, 0) is 19.1 Å². The molecule has 300 valence electrons. The molecular weight excluding hydrogens is 784 g/mol. The molecule has 4 saturated heterocycles. The maximum Gasteiger partial charge on any atom is 0.341 e. The Balaban J connectivity index is 0.00000451. The van der Waals surface area contributed by atoms with Crippen molar-refractivity contribution in [3.05, 3.63) is 0 Å². The summed E-state index contributed by atoms with van der Waals surface area (Å²) in [7, 11) is 0. The minimum Gasteiger partial charge on any atom is -1.00 e. The average Bonchev–Trinajstić information content (AvgIpc) is 3.81. The number of quaternary nitrogens is 2. The molecule has 10 nitrogen and oxygen atoms in total. The summed E-state index contributed by atoms with van der Waals surface area (Å²) < 4.78 is 13.7.